The Hall–Kier alpha value is -1.62. The van der Waals surface area contributed by atoms with Gasteiger partial charge >= 0.3 is 0 Å². The molecule has 0 saturated heterocycles. The summed E-state index contributed by atoms with van der Waals surface area (Å²) in [6.45, 7) is 1.42. The second-order valence-corrected chi connectivity index (χ2v) is 5.92. The molecule has 2 aromatic rings. The molecule has 2 heterocycles. The van der Waals surface area contributed by atoms with Crippen molar-refractivity contribution in [3.05, 3.63) is 23.0 Å². The second kappa shape index (κ2) is 4.74. The monoisotopic (exact) mass is 271 g/mol. The maximum absolute atomic E-state index is 5.65. The Balaban J connectivity index is 1.87. The molecule has 2 aromatic heterocycles. The highest BCUT2D eigenvalue weighted by molar-refractivity contribution is 5.57. The van der Waals surface area contributed by atoms with Gasteiger partial charge < -0.3 is 11.1 Å². The number of nitrogens with two attached hydrogens (primary N) is 1. The Bertz CT molecular complexity index is 641. The number of aromatic nitrogens is 3. The first-order valence-electron chi connectivity index (χ1n) is 7.72. The number of hydrogen-bond acceptors (Lipinski definition) is 4. The molecule has 1 saturated carbocycles. The predicted octanol–water partition coefficient (Wildman–Crippen LogP) is 1.86. The Morgan fingerprint density at radius 1 is 1.30 bits per heavy atom. The number of hydrogen-bond donors (Lipinski definition) is 2. The van der Waals surface area contributed by atoms with Crippen LogP contribution in [0.5, 0.6) is 0 Å². The number of aryl methyl sites for hydroxylation is 1. The van der Waals surface area contributed by atoms with Gasteiger partial charge in [-0.05, 0) is 38.5 Å². The van der Waals surface area contributed by atoms with Crippen LogP contribution in [0.1, 0.15) is 48.6 Å². The minimum atomic E-state index is 0.634. The molecular formula is C15H21N5. The largest absolute Gasteiger partial charge is 0.368 e. The van der Waals surface area contributed by atoms with Crippen LogP contribution in [0.25, 0.3) is 5.65 Å². The third-order valence-electron chi connectivity index (χ3n) is 4.33. The first kappa shape index (κ1) is 12.1. The molecular weight excluding hydrogens is 250 g/mol. The van der Waals surface area contributed by atoms with E-state index < -0.39 is 0 Å². The normalized spacial score (nSPS) is 18.2. The summed E-state index contributed by atoms with van der Waals surface area (Å²) in [4.78, 5) is 4.84. The molecule has 1 fully saturated rings. The van der Waals surface area contributed by atoms with Crippen molar-refractivity contribution in [2.45, 2.75) is 44.4 Å². The zero-order valence-corrected chi connectivity index (χ0v) is 11.7. The van der Waals surface area contributed by atoms with Crippen LogP contribution in [-0.4, -0.2) is 27.7 Å². The molecule has 5 heteroatoms. The molecule has 0 atom stereocenters. The van der Waals surface area contributed by atoms with Crippen LogP contribution < -0.4 is 11.1 Å². The summed E-state index contributed by atoms with van der Waals surface area (Å²) in [6.07, 6.45) is 7.23. The van der Waals surface area contributed by atoms with E-state index >= 15 is 0 Å². The number of nitrogens with zero attached hydrogens (tertiary/aromatic N) is 3. The van der Waals surface area contributed by atoms with Gasteiger partial charge in [0.15, 0.2) is 5.65 Å². The van der Waals surface area contributed by atoms with Gasteiger partial charge in [0.2, 0.25) is 0 Å². The lowest BCUT2D eigenvalue weighted by molar-refractivity contribution is 0.660. The second-order valence-electron chi connectivity index (χ2n) is 5.92. The molecule has 0 spiro atoms. The topological polar surface area (TPSA) is 68.2 Å². The highest BCUT2D eigenvalue weighted by atomic mass is 15.3. The molecule has 0 bridgehead atoms. The molecule has 2 aliphatic rings. The quantitative estimate of drug-likeness (QED) is 0.890. The van der Waals surface area contributed by atoms with Crippen LogP contribution in [0.3, 0.4) is 0 Å². The summed E-state index contributed by atoms with van der Waals surface area (Å²) < 4.78 is 2.01. The first-order chi connectivity index (χ1) is 9.86. The Labute approximate surface area is 118 Å². The van der Waals surface area contributed by atoms with Gasteiger partial charge in [-0.1, -0.05) is 0 Å². The predicted molar refractivity (Wildman–Crippen MR) is 79.1 cm³/mol. The summed E-state index contributed by atoms with van der Waals surface area (Å²) in [5.74, 6) is 1.79. The molecule has 3 N–H and O–H groups in total. The third-order valence-corrected chi connectivity index (χ3v) is 4.33. The highest BCUT2D eigenvalue weighted by Crippen LogP contribution is 2.40. The molecule has 2 aliphatic carbocycles. The Morgan fingerprint density at radius 2 is 2.15 bits per heavy atom. The average molecular weight is 271 g/mol. The number of rotatable bonds is 4. The van der Waals surface area contributed by atoms with Crippen molar-refractivity contribution in [2.24, 2.45) is 5.73 Å². The van der Waals surface area contributed by atoms with E-state index in [1.165, 1.54) is 42.6 Å². The molecule has 0 radical (unpaired) electrons. The number of fused-ring (bicyclic) bond motifs is 2. The summed E-state index contributed by atoms with van der Waals surface area (Å²) in [5.41, 5.74) is 10.5. The van der Waals surface area contributed by atoms with Gasteiger partial charge in [0.05, 0.1) is 5.69 Å². The zero-order chi connectivity index (χ0) is 13.5. The SMILES string of the molecule is NCCNc1c2c(nc3cc(C4CC4)nn13)CCCC2. The highest BCUT2D eigenvalue weighted by Gasteiger charge is 2.28. The standard InChI is InChI=1S/C15H21N5/c16-7-8-17-15-11-3-1-2-4-12(11)18-14-9-13(10-5-6-10)19-20(14)15/h9-10,17H,1-8,16H2. The van der Waals surface area contributed by atoms with Crippen molar-refractivity contribution in [2.75, 3.05) is 18.4 Å². The molecule has 20 heavy (non-hydrogen) atoms. The van der Waals surface area contributed by atoms with Gasteiger partial charge in [-0.3, -0.25) is 0 Å². The average Bonchev–Trinajstić information content (AvgIpc) is 3.24. The molecule has 5 nitrogen and oxygen atoms in total. The summed E-state index contributed by atoms with van der Waals surface area (Å²) in [6, 6.07) is 2.17. The lowest BCUT2D eigenvalue weighted by Crippen LogP contribution is -2.19. The summed E-state index contributed by atoms with van der Waals surface area (Å²) in [7, 11) is 0. The third kappa shape index (κ3) is 1.97. The van der Waals surface area contributed by atoms with Gasteiger partial charge in [0.1, 0.15) is 5.82 Å². The molecule has 0 unspecified atom stereocenters. The van der Waals surface area contributed by atoms with Crippen molar-refractivity contribution in [1.82, 2.24) is 14.6 Å². The van der Waals surface area contributed by atoms with E-state index in [0.717, 1.165) is 30.9 Å². The van der Waals surface area contributed by atoms with Crippen molar-refractivity contribution >= 4 is 11.5 Å². The Morgan fingerprint density at radius 3 is 2.95 bits per heavy atom. The van der Waals surface area contributed by atoms with Crippen molar-refractivity contribution in [3.63, 3.8) is 0 Å². The zero-order valence-electron chi connectivity index (χ0n) is 11.7. The minimum absolute atomic E-state index is 0.634. The van der Waals surface area contributed by atoms with Crippen molar-refractivity contribution in [1.29, 1.82) is 0 Å². The minimum Gasteiger partial charge on any atom is -0.368 e. The van der Waals surface area contributed by atoms with Gasteiger partial charge in [0.25, 0.3) is 0 Å². The van der Waals surface area contributed by atoms with Crippen LogP contribution in [0, 0.1) is 0 Å². The Kier molecular flexibility index (Phi) is 2.88. The van der Waals surface area contributed by atoms with E-state index in [2.05, 4.69) is 11.4 Å². The summed E-state index contributed by atoms with van der Waals surface area (Å²) >= 11 is 0. The maximum Gasteiger partial charge on any atom is 0.157 e. The fourth-order valence-electron chi connectivity index (χ4n) is 3.12. The van der Waals surface area contributed by atoms with Gasteiger partial charge in [0, 0.05) is 36.3 Å². The van der Waals surface area contributed by atoms with Gasteiger partial charge in [-0.25, -0.2) is 4.98 Å². The summed E-state index contributed by atoms with van der Waals surface area (Å²) in [5, 5.41) is 8.26. The van der Waals surface area contributed by atoms with E-state index in [0.29, 0.717) is 12.5 Å². The first-order valence-corrected chi connectivity index (χ1v) is 7.72. The van der Waals surface area contributed by atoms with E-state index in [-0.39, 0.29) is 0 Å². The number of nitrogens with one attached hydrogen (secondary N) is 1. The van der Waals surface area contributed by atoms with Crippen LogP contribution in [0.4, 0.5) is 5.82 Å². The molecule has 4 rings (SSSR count). The van der Waals surface area contributed by atoms with E-state index in [4.69, 9.17) is 15.8 Å². The van der Waals surface area contributed by atoms with E-state index in [1.54, 1.807) is 0 Å². The molecule has 0 aromatic carbocycles. The molecule has 106 valence electrons. The van der Waals surface area contributed by atoms with Crippen LogP contribution in [0.15, 0.2) is 6.07 Å². The van der Waals surface area contributed by atoms with Crippen molar-refractivity contribution in [3.8, 4) is 0 Å². The lowest BCUT2D eigenvalue weighted by atomic mass is 9.96. The van der Waals surface area contributed by atoms with E-state index in [1.807, 2.05) is 4.52 Å². The van der Waals surface area contributed by atoms with E-state index in [9.17, 15) is 0 Å². The fraction of sp³-hybridized carbons (Fsp3) is 0.600. The van der Waals surface area contributed by atoms with Gasteiger partial charge in [-0.2, -0.15) is 9.61 Å². The van der Waals surface area contributed by atoms with Crippen molar-refractivity contribution < 1.29 is 0 Å². The van der Waals surface area contributed by atoms with Crippen LogP contribution in [0.2, 0.25) is 0 Å². The van der Waals surface area contributed by atoms with Gasteiger partial charge in [-0.15, -0.1) is 0 Å². The maximum atomic E-state index is 5.65. The molecule has 0 amide bonds. The van der Waals surface area contributed by atoms with Crippen LogP contribution >= 0.6 is 0 Å². The smallest absolute Gasteiger partial charge is 0.157 e. The fourth-order valence-corrected chi connectivity index (χ4v) is 3.12. The molecule has 0 aliphatic heterocycles. The number of anilines is 1. The van der Waals surface area contributed by atoms with Crippen LogP contribution in [-0.2, 0) is 12.8 Å². The lowest BCUT2D eigenvalue weighted by Gasteiger charge is -2.20.